The van der Waals surface area contributed by atoms with Gasteiger partial charge in [-0.25, -0.2) is 0 Å². The van der Waals surface area contributed by atoms with Gasteiger partial charge in [-0.1, -0.05) is 12.5 Å². The molecule has 1 atom stereocenters. The van der Waals surface area contributed by atoms with Crippen LogP contribution in [0.3, 0.4) is 0 Å². The normalized spacial score (nSPS) is 20.4. The van der Waals surface area contributed by atoms with E-state index in [1.807, 2.05) is 6.20 Å². The third kappa shape index (κ3) is 2.95. The molecule has 20 heavy (non-hydrogen) atoms. The summed E-state index contributed by atoms with van der Waals surface area (Å²) in [6.45, 7) is 2.33. The molecule has 1 aliphatic rings. The molecule has 3 rings (SSSR count). The number of nitrogens with zero attached hydrogens (tertiary/aromatic N) is 2. The number of H-pyrrole nitrogens is 1. The Morgan fingerprint density at radius 1 is 1.45 bits per heavy atom. The summed E-state index contributed by atoms with van der Waals surface area (Å²) in [5, 5.41) is 18.7. The summed E-state index contributed by atoms with van der Waals surface area (Å²) in [5.74, 6) is 0. The maximum Gasteiger partial charge on any atom is 0.0794 e. The van der Waals surface area contributed by atoms with Gasteiger partial charge in [-0.15, -0.1) is 11.3 Å². The molecule has 0 aromatic carbocycles. The van der Waals surface area contributed by atoms with Gasteiger partial charge in [0.1, 0.15) is 0 Å². The first kappa shape index (κ1) is 13.8. The van der Waals surface area contributed by atoms with Crippen molar-refractivity contribution in [3.8, 4) is 10.6 Å². The van der Waals surface area contributed by atoms with Crippen LogP contribution in [0.25, 0.3) is 10.6 Å². The molecular formula is C15H21N3OS. The molecule has 108 valence electrons. The highest BCUT2D eigenvalue weighted by molar-refractivity contribution is 7.13. The van der Waals surface area contributed by atoms with Crippen LogP contribution in [0.2, 0.25) is 0 Å². The Bertz CT molecular complexity index is 521. The van der Waals surface area contributed by atoms with Gasteiger partial charge in [-0.3, -0.25) is 10.00 Å². The number of likely N-dealkylation sites (tertiary alicyclic amines) is 1. The summed E-state index contributed by atoms with van der Waals surface area (Å²) in [5.41, 5.74) is 2.41. The number of hydrogen-bond donors (Lipinski definition) is 2. The predicted molar refractivity (Wildman–Crippen MR) is 81.7 cm³/mol. The molecule has 1 aliphatic heterocycles. The highest BCUT2D eigenvalue weighted by Crippen LogP contribution is 2.28. The van der Waals surface area contributed by atoms with Crippen molar-refractivity contribution in [2.24, 2.45) is 0 Å². The molecule has 0 amide bonds. The van der Waals surface area contributed by atoms with Crippen LogP contribution in [-0.4, -0.2) is 39.4 Å². The summed E-state index contributed by atoms with van der Waals surface area (Å²) in [6.07, 6.45) is 6.57. The zero-order valence-electron chi connectivity index (χ0n) is 11.6. The Kier molecular flexibility index (Phi) is 4.50. The second kappa shape index (κ2) is 6.52. The summed E-state index contributed by atoms with van der Waals surface area (Å²) >= 11 is 1.74. The van der Waals surface area contributed by atoms with E-state index in [0.29, 0.717) is 6.04 Å². The second-order valence-electron chi connectivity index (χ2n) is 5.38. The first-order chi connectivity index (χ1) is 9.88. The lowest BCUT2D eigenvalue weighted by atomic mass is 9.99. The fourth-order valence-corrected chi connectivity index (χ4v) is 3.78. The van der Waals surface area contributed by atoms with E-state index in [2.05, 4.69) is 32.6 Å². The molecule has 2 N–H and O–H groups in total. The van der Waals surface area contributed by atoms with Crippen molar-refractivity contribution in [3.63, 3.8) is 0 Å². The number of piperidine rings is 1. The van der Waals surface area contributed by atoms with Crippen molar-refractivity contribution in [2.45, 2.75) is 38.3 Å². The maximum absolute atomic E-state index is 9.22. The van der Waals surface area contributed by atoms with Gasteiger partial charge in [0, 0.05) is 24.8 Å². The Morgan fingerprint density at radius 3 is 3.20 bits per heavy atom. The molecule has 1 saturated heterocycles. The van der Waals surface area contributed by atoms with Crippen molar-refractivity contribution in [2.75, 3.05) is 13.2 Å². The van der Waals surface area contributed by atoms with E-state index >= 15 is 0 Å². The van der Waals surface area contributed by atoms with Gasteiger partial charge in [0.15, 0.2) is 0 Å². The zero-order chi connectivity index (χ0) is 13.8. The van der Waals surface area contributed by atoms with Crippen LogP contribution >= 0.6 is 11.3 Å². The highest BCUT2D eigenvalue weighted by Gasteiger charge is 2.23. The molecule has 0 bridgehead atoms. The van der Waals surface area contributed by atoms with Crippen molar-refractivity contribution in [3.05, 3.63) is 29.3 Å². The molecule has 0 spiro atoms. The minimum absolute atomic E-state index is 0.282. The number of aromatic amines is 1. The molecule has 4 nitrogen and oxygen atoms in total. The molecular weight excluding hydrogens is 270 g/mol. The monoisotopic (exact) mass is 291 g/mol. The fraction of sp³-hybridized carbons (Fsp3) is 0.533. The maximum atomic E-state index is 9.22. The molecule has 0 aliphatic carbocycles. The van der Waals surface area contributed by atoms with E-state index in [0.717, 1.165) is 25.2 Å². The topological polar surface area (TPSA) is 52.1 Å². The van der Waals surface area contributed by atoms with E-state index in [1.165, 1.54) is 29.7 Å². The van der Waals surface area contributed by atoms with Crippen LogP contribution in [0.1, 0.15) is 31.2 Å². The molecule has 0 saturated carbocycles. The quantitative estimate of drug-likeness (QED) is 0.890. The number of aromatic nitrogens is 2. The molecule has 1 fully saturated rings. The van der Waals surface area contributed by atoms with Crippen LogP contribution in [0.4, 0.5) is 0 Å². The zero-order valence-corrected chi connectivity index (χ0v) is 12.4. The summed E-state index contributed by atoms with van der Waals surface area (Å²) in [7, 11) is 0. The molecule has 5 heteroatoms. The first-order valence-electron chi connectivity index (χ1n) is 7.29. The summed E-state index contributed by atoms with van der Waals surface area (Å²) in [4.78, 5) is 3.75. The molecule has 3 heterocycles. The number of nitrogens with one attached hydrogen (secondary N) is 1. The Hall–Kier alpha value is -1.17. The fourth-order valence-electron chi connectivity index (χ4n) is 3.03. The number of aliphatic hydroxyl groups excluding tert-OH is 1. The van der Waals surface area contributed by atoms with Crippen molar-refractivity contribution in [1.29, 1.82) is 0 Å². The van der Waals surface area contributed by atoms with E-state index in [1.54, 1.807) is 11.3 Å². The van der Waals surface area contributed by atoms with Crippen LogP contribution in [-0.2, 0) is 6.54 Å². The summed E-state index contributed by atoms with van der Waals surface area (Å²) < 4.78 is 0. The number of aliphatic hydroxyl groups is 1. The van der Waals surface area contributed by atoms with Gasteiger partial charge in [0.2, 0.25) is 0 Å². The Balaban J connectivity index is 1.75. The van der Waals surface area contributed by atoms with E-state index in [-0.39, 0.29) is 6.61 Å². The van der Waals surface area contributed by atoms with E-state index in [9.17, 15) is 5.11 Å². The van der Waals surface area contributed by atoms with Gasteiger partial charge in [0.05, 0.1) is 16.8 Å². The average Bonchev–Trinajstić information content (AvgIpc) is 3.11. The first-order valence-corrected chi connectivity index (χ1v) is 8.17. The van der Waals surface area contributed by atoms with Gasteiger partial charge < -0.3 is 5.11 Å². The number of thiophene rings is 1. The third-order valence-corrected chi connectivity index (χ3v) is 4.96. The highest BCUT2D eigenvalue weighted by atomic mass is 32.1. The average molecular weight is 291 g/mol. The molecule has 2 aromatic heterocycles. The lowest BCUT2D eigenvalue weighted by Crippen LogP contribution is -2.39. The minimum atomic E-state index is 0.282. The second-order valence-corrected chi connectivity index (χ2v) is 6.33. The van der Waals surface area contributed by atoms with Crippen LogP contribution in [0.15, 0.2) is 23.7 Å². The van der Waals surface area contributed by atoms with Crippen molar-refractivity contribution in [1.82, 2.24) is 15.1 Å². The van der Waals surface area contributed by atoms with Crippen LogP contribution < -0.4 is 0 Å². The van der Waals surface area contributed by atoms with Gasteiger partial charge in [-0.05, 0) is 37.3 Å². The minimum Gasteiger partial charge on any atom is -0.396 e. The SMILES string of the molecule is OCC[C@H]1CCCCN1Cc1cn[nH]c1-c1cccs1. The number of hydrogen-bond acceptors (Lipinski definition) is 4. The van der Waals surface area contributed by atoms with Gasteiger partial charge in [0.25, 0.3) is 0 Å². The molecule has 0 radical (unpaired) electrons. The lowest BCUT2D eigenvalue weighted by Gasteiger charge is -2.35. The van der Waals surface area contributed by atoms with Gasteiger partial charge in [-0.2, -0.15) is 5.10 Å². The molecule has 2 aromatic rings. The Labute approximate surface area is 123 Å². The Morgan fingerprint density at radius 2 is 2.40 bits per heavy atom. The van der Waals surface area contributed by atoms with E-state index in [4.69, 9.17) is 0 Å². The predicted octanol–water partition coefficient (Wildman–Crippen LogP) is 2.88. The molecule has 0 unspecified atom stereocenters. The van der Waals surface area contributed by atoms with Crippen molar-refractivity contribution >= 4 is 11.3 Å². The largest absolute Gasteiger partial charge is 0.396 e. The van der Waals surface area contributed by atoms with Crippen molar-refractivity contribution < 1.29 is 5.11 Å². The standard InChI is InChI=1S/C15H21N3OS/c19-8-6-13-4-1-2-7-18(13)11-12-10-16-17-15(12)14-5-3-9-20-14/h3,5,9-10,13,19H,1-2,4,6-8,11H2,(H,16,17)/t13-/m1/s1. The smallest absolute Gasteiger partial charge is 0.0794 e. The van der Waals surface area contributed by atoms with Crippen LogP contribution in [0, 0.1) is 0 Å². The van der Waals surface area contributed by atoms with Gasteiger partial charge >= 0.3 is 0 Å². The van der Waals surface area contributed by atoms with Crippen LogP contribution in [0.5, 0.6) is 0 Å². The summed E-state index contributed by atoms with van der Waals surface area (Å²) in [6, 6.07) is 4.71. The number of rotatable bonds is 5. The van der Waals surface area contributed by atoms with E-state index < -0.39 is 0 Å². The third-order valence-electron chi connectivity index (χ3n) is 4.07. The lowest BCUT2D eigenvalue weighted by molar-refractivity contribution is 0.112.